The van der Waals surface area contributed by atoms with Gasteiger partial charge in [-0.2, -0.15) is 0 Å². The number of hydrogen-bond donors (Lipinski definition) is 2. The first-order valence-electron chi connectivity index (χ1n) is 9.00. The second-order valence-electron chi connectivity index (χ2n) is 6.48. The van der Waals surface area contributed by atoms with Gasteiger partial charge >= 0.3 is 0 Å². The van der Waals surface area contributed by atoms with Gasteiger partial charge in [0.15, 0.2) is 5.96 Å². The van der Waals surface area contributed by atoms with Gasteiger partial charge in [0.1, 0.15) is 0 Å². The van der Waals surface area contributed by atoms with Crippen LogP contribution in [0.4, 0.5) is 0 Å². The van der Waals surface area contributed by atoms with Crippen LogP contribution >= 0.6 is 11.3 Å². The lowest BCUT2D eigenvalue weighted by Gasteiger charge is -2.30. The fraction of sp³-hybridized carbons (Fsp3) is 0.526. The number of nitrogens with one attached hydrogen (secondary N) is 2. The molecule has 0 saturated heterocycles. The lowest BCUT2D eigenvalue weighted by atomic mass is 9.95. The van der Waals surface area contributed by atoms with Crippen LogP contribution in [0, 0.1) is 0 Å². The Morgan fingerprint density at radius 1 is 1.36 bits per heavy atom. The topological polar surface area (TPSA) is 53.5 Å². The molecule has 0 amide bonds. The monoisotopic (exact) mass is 377 g/mol. The minimum absolute atomic E-state index is 0.329. The van der Waals surface area contributed by atoms with E-state index in [2.05, 4.69) is 45.3 Å². The Hall–Kier alpha value is -1.40. The first-order chi connectivity index (χ1) is 12.2. The molecular formula is C19H27N3OS2. The maximum atomic E-state index is 12.1. The van der Waals surface area contributed by atoms with Crippen molar-refractivity contribution in [1.29, 1.82) is 0 Å². The maximum Gasteiger partial charge on any atom is 0.191 e. The molecule has 2 N–H and O–H groups in total. The summed E-state index contributed by atoms with van der Waals surface area (Å²) in [4.78, 5) is 4.37. The molecule has 6 heteroatoms. The maximum absolute atomic E-state index is 12.1. The molecule has 1 aliphatic carbocycles. The zero-order valence-electron chi connectivity index (χ0n) is 15.0. The van der Waals surface area contributed by atoms with Gasteiger partial charge in [0, 0.05) is 46.1 Å². The predicted molar refractivity (Wildman–Crippen MR) is 110 cm³/mol. The molecule has 0 spiro atoms. The lowest BCUT2D eigenvalue weighted by molar-refractivity contribution is 0.413. The number of aliphatic imine (C=N–C) groups is 1. The molecule has 0 aliphatic heterocycles. The molecule has 3 unspecified atom stereocenters. The summed E-state index contributed by atoms with van der Waals surface area (Å²) in [6.07, 6.45) is 4.33. The summed E-state index contributed by atoms with van der Waals surface area (Å²) in [6, 6.07) is 8.86. The molecule has 3 rings (SSSR count). The minimum Gasteiger partial charge on any atom is -0.354 e. The van der Waals surface area contributed by atoms with E-state index in [-0.39, 0.29) is 0 Å². The van der Waals surface area contributed by atoms with Crippen molar-refractivity contribution in [1.82, 2.24) is 10.6 Å². The summed E-state index contributed by atoms with van der Waals surface area (Å²) >= 11 is 1.78. The first kappa shape index (κ1) is 18.4. The summed E-state index contributed by atoms with van der Waals surface area (Å²) in [5, 5.41) is 10.8. The number of fused-ring (bicyclic) bond motifs is 1. The van der Waals surface area contributed by atoms with E-state index in [4.69, 9.17) is 0 Å². The predicted octanol–water partition coefficient (Wildman–Crippen LogP) is 3.65. The van der Waals surface area contributed by atoms with Crippen LogP contribution in [-0.4, -0.2) is 34.3 Å². The Morgan fingerprint density at radius 2 is 2.20 bits per heavy atom. The molecule has 0 bridgehead atoms. The highest BCUT2D eigenvalue weighted by Crippen LogP contribution is 2.25. The quantitative estimate of drug-likeness (QED) is 0.618. The molecule has 1 fully saturated rings. The van der Waals surface area contributed by atoms with E-state index in [1.165, 1.54) is 15.6 Å². The Balaban J connectivity index is 1.57. The zero-order chi connectivity index (χ0) is 17.6. The molecule has 1 aromatic carbocycles. The van der Waals surface area contributed by atoms with Gasteiger partial charge in [-0.1, -0.05) is 31.5 Å². The molecule has 0 radical (unpaired) electrons. The van der Waals surface area contributed by atoms with Crippen LogP contribution in [0.1, 0.15) is 38.2 Å². The van der Waals surface area contributed by atoms with E-state index < -0.39 is 10.8 Å². The number of nitrogens with zero attached hydrogens (tertiary/aromatic N) is 1. The highest BCUT2D eigenvalue weighted by Gasteiger charge is 2.26. The van der Waals surface area contributed by atoms with Crippen molar-refractivity contribution < 1.29 is 4.21 Å². The van der Waals surface area contributed by atoms with Crippen LogP contribution in [0.25, 0.3) is 10.1 Å². The smallest absolute Gasteiger partial charge is 0.191 e. The van der Waals surface area contributed by atoms with Gasteiger partial charge in [-0.25, -0.2) is 0 Å². The lowest BCUT2D eigenvalue weighted by Crippen LogP contribution is -2.46. The minimum atomic E-state index is -0.694. The molecule has 1 aromatic heterocycles. The Labute approximate surface area is 156 Å². The molecular weight excluding hydrogens is 350 g/mol. The van der Waals surface area contributed by atoms with Crippen LogP contribution in [-0.2, 0) is 17.3 Å². The average molecular weight is 378 g/mol. The summed E-state index contributed by atoms with van der Waals surface area (Å²) in [5.74, 6) is 1.60. The van der Waals surface area contributed by atoms with E-state index in [1.807, 2.05) is 14.0 Å². The molecule has 136 valence electrons. The van der Waals surface area contributed by atoms with E-state index in [0.29, 0.717) is 11.3 Å². The van der Waals surface area contributed by atoms with Crippen molar-refractivity contribution in [3.63, 3.8) is 0 Å². The normalized spacial score (nSPS) is 22.7. The van der Waals surface area contributed by atoms with Gasteiger partial charge in [-0.15, -0.1) is 11.3 Å². The molecule has 4 nitrogen and oxygen atoms in total. The van der Waals surface area contributed by atoms with Gasteiger partial charge in [0.25, 0.3) is 0 Å². The van der Waals surface area contributed by atoms with Crippen molar-refractivity contribution in [2.75, 3.05) is 12.8 Å². The van der Waals surface area contributed by atoms with Gasteiger partial charge in [0.05, 0.1) is 0 Å². The van der Waals surface area contributed by atoms with Gasteiger partial charge in [-0.05, 0) is 41.7 Å². The van der Waals surface area contributed by atoms with Crippen LogP contribution in [0.3, 0.4) is 0 Å². The van der Waals surface area contributed by atoms with Gasteiger partial charge in [0.2, 0.25) is 0 Å². The number of benzene rings is 1. The summed E-state index contributed by atoms with van der Waals surface area (Å²) in [5.41, 5.74) is 1.30. The Morgan fingerprint density at radius 3 is 3.00 bits per heavy atom. The van der Waals surface area contributed by atoms with Crippen molar-refractivity contribution in [3.05, 3.63) is 35.2 Å². The SMILES string of the molecule is CCS(=O)C1CCCC(NC(=NC)NCc2csc3ccccc23)C1. The van der Waals surface area contributed by atoms with E-state index >= 15 is 0 Å². The molecule has 1 aliphatic rings. The van der Waals surface area contributed by atoms with Crippen LogP contribution in [0.5, 0.6) is 0 Å². The largest absolute Gasteiger partial charge is 0.354 e. The van der Waals surface area contributed by atoms with Crippen molar-refractivity contribution in [2.45, 2.75) is 50.4 Å². The third-order valence-corrected chi connectivity index (χ3v) is 7.61. The molecule has 1 heterocycles. The third-order valence-electron chi connectivity index (χ3n) is 4.85. The second kappa shape index (κ2) is 8.81. The Bertz CT molecular complexity index is 756. The van der Waals surface area contributed by atoms with Crippen molar-refractivity contribution in [2.24, 2.45) is 4.99 Å². The Kier molecular flexibility index (Phi) is 6.48. The average Bonchev–Trinajstić information content (AvgIpc) is 3.08. The van der Waals surface area contributed by atoms with Crippen LogP contribution in [0.2, 0.25) is 0 Å². The highest BCUT2D eigenvalue weighted by atomic mass is 32.2. The standard InChI is InChI=1S/C19H27N3OS2/c1-3-25(23)16-8-6-7-15(11-16)22-19(20-2)21-12-14-13-24-18-10-5-4-9-17(14)18/h4-5,9-10,13,15-16H,3,6-8,11-12H2,1-2H3,(H2,20,21,22). The van der Waals surface area contributed by atoms with Crippen LogP contribution in [0.15, 0.2) is 34.6 Å². The number of thiophene rings is 1. The summed E-state index contributed by atoms with van der Waals surface area (Å²) < 4.78 is 13.4. The summed E-state index contributed by atoms with van der Waals surface area (Å²) in [6.45, 7) is 2.78. The summed E-state index contributed by atoms with van der Waals surface area (Å²) in [7, 11) is 1.12. The zero-order valence-corrected chi connectivity index (χ0v) is 16.6. The molecule has 25 heavy (non-hydrogen) atoms. The van der Waals surface area contributed by atoms with Crippen molar-refractivity contribution >= 4 is 38.2 Å². The molecule has 3 atom stereocenters. The van der Waals surface area contributed by atoms with Gasteiger partial charge < -0.3 is 10.6 Å². The van der Waals surface area contributed by atoms with Gasteiger partial charge in [-0.3, -0.25) is 9.20 Å². The van der Waals surface area contributed by atoms with Crippen molar-refractivity contribution in [3.8, 4) is 0 Å². The number of rotatable bonds is 5. The van der Waals surface area contributed by atoms with E-state index in [0.717, 1.165) is 43.9 Å². The third kappa shape index (κ3) is 4.61. The highest BCUT2D eigenvalue weighted by molar-refractivity contribution is 7.85. The fourth-order valence-corrected chi connectivity index (χ4v) is 5.80. The van der Waals surface area contributed by atoms with Crippen LogP contribution < -0.4 is 10.6 Å². The molecule has 2 aromatic rings. The molecule has 1 saturated carbocycles. The van der Waals surface area contributed by atoms with E-state index in [9.17, 15) is 4.21 Å². The second-order valence-corrected chi connectivity index (χ2v) is 9.40. The fourth-order valence-electron chi connectivity index (χ4n) is 3.49. The first-order valence-corrected chi connectivity index (χ1v) is 11.3. The number of guanidine groups is 1. The number of hydrogen-bond acceptors (Lipinski definition) is 3. The van der Waals surface area contributed by atoms with E-state index in [1.54, 1.807) is 11.3 Å².